The summed E-state index contributed by atoms with van der Waals surface area (Å²) < 4.78 is 4.76. The lowest BCUT2D eigenvalue weighted by molar-refractivity contribution is 0.709. The molecule has 0 radical (unpaired) electrons. The van der Waals surface area contributed by atoms with Gasteiger partial charge in [-0.1, -0.05) is 146 Å². The van der Waals surface area contributed by atoms with Crippen LogP contribution >= 0.6 is 45.3 Å². The van der Waals surface area contributed by atoms with Crippen LogP contribution in [0.2, 0.25) is 0 Å². The van der Waals surface area contributed by atoms with Gasteiger partial charge in [0.15, 0.2) is 0 Å². The van der Waals surface area contributed by atoms with Crippen molar-refractivity contribution in [3.05, 3.63) is 265 Å². The Balaban J connectivity index is 0.671. The van der Waals surface area contributed by atoms with Crippen LogP contribution in [-0.2, 0) is 0 Å². The van der Waals surface area contributed by atoms with Gasteiger partial charge in [-0.05, 0) is 130 Å². The lowest BCUT2D eigenvalue weighted by atomic mass is 9.95. The summed E-state index contributed by atoms with van der Waals surface area (Å²) in [7, 11) is 0. The number of rotatable bonds is 11. The smallest absolute Gasteiger partial charge is 0.124 e. The van der Waals surface area contributed by atoms with E-state index in [1.165, 1.54) is 29.9 Å². The van der Waals surface area contributed by atoms with Crippen molar-refractivity contribution in [2.24, 2.45) is 10.2 Å². The molecule has 12 heteroatoms. The number of nitrogens with zero attached hydrogens (tertiary/aromatic N) is 8. The van der Waals surface area contributed by atoms with Crippen LogP contribution in [0.3, 0.4) is 0 Å². The summed E-state index contributed by atoms with van der Waals surface area (Å²) in [6.45, 7) is 0. The summed E-state index contributed by atoms with van der Waals surface area (Å²) in [5, 5.41) is 19.3. The third kappa shape index (κ3) is 9.06. The third-order valence-corrected chi connectivity index (χ3v) is 20.0. The zero-order valence-corrected chi connectivity index (χ0v) is 47.1. The van der Waals surface area contributed by atoms with E-state index in [0.717, 1.165) is 122 Å². The molecule has 14 aromatic rings. The first-order chi connectivity index (χ1) is 40.5. The second-order valence-corrected chi connectivity index (χ2v) is 24.8. The quantitative estimate of drug-likeness (QED) is 0.128. The third-order valence-electron chi connectivity index (χ3n) is 15.6. The molecule has 16 rings (SSSR count). The fourth-order valence-electron chi connectivity index (χ4n) is 11.3. The van der Waals surface area contributed by atoms with Gasteiger partial charge in [-0.3, -0.25) is 10.0 Å². The molecule has 0 N–H and O–H groups in total. The largest absolute Gasteiger partial charge is 0.257 e. The molecule has 2 aliphatic rings. The van der Waals surface area contributed by atoms with Gasteiger partial charge in [0, 0.05) is 35.1 Å². The average Bonchev–Trinajstić information content (AvgIpc) is 4.51. The summed E-state index contributed by atoms with van der Waals surface area (Å²) in [6, 6.07) is 86.4. The van der Waals surface area contributed by atoms with Gasteiger partial charge in [0.1, 0.15) is 20.0 Å². The maximum atomic E-state index is 5.40. The number of fused-ring (bicyclic) bond motifs is 4. The number of benzene rings is 10. The van der Waals surface area contributed by atoms with Gasteiger partial charge in [-0.25, -0.2) is 19.9 Å². The molecule has 2 aliphatic heterocycles. The fourth-order valence-corrected chi connectivity index (χ4v) is 15.2. The van der Waals surface area contributed by atoms with Crippen molar-refractivity contribution in [2.75, 3.05) is 10.0 Å². The molecular weight excluding hydrogens is 1080 g/mol. The maximum Gasteiger partial charge on any atom is 0.124 e. The van der Waals surface area contributed by atoms with Gasteiger partial charge in [-0.2, -0.15) is 10.2 Å². The molecule has 390 valence electrons. The Morgan fingerprint density at radius 2 is 0.524 bits per heavy atom. The van der Waals surface area contributed by atoms with Crippen LogP contribution in [0.5, 0.6) is 0 Å². The van der Waals surface area contributed by atoms with Gasteiger partial charge in [0.25, 0.3) is 0 Å². The molecule has 0 saturated heterocycles. The maximum absolute atomic E-state index is 5.40. The van der Waals surface area contributed by atoms with Crippen molar-refractivity contribution in [2.45, 2.75) is 24.9 Å². The standard InChI is InChI=1S/C70H46N8S4/c1-5-13-63-55(9-1)71-67(79-63)49-29-25-47(26-30-49)61-41-59(75-77(61)53-37-33-51(34-38-53)69-73-57-11-3-7-15-65(57)81-69)45-21-17-43(18-22-45)44-19-23-46(24-20-44)60-42-62(48-27-31-50(32-28-48)68-72-56-10-2-6-14-64(56)80-68)78(76-60)54-39-35-52(36-40-54)70-74-58-12-4-8-16-66(58)82-70/h1-40,61-62H,41-42H2. The van der Waals surface area contributed by atoms with Gasteiger partial charge in [-0.15, -0.1) is 45.3 Å². The molecule has 0 fully saturated rings. The first kappa shape index (κ1) is 48.6. The van der Waals surface area contributed by atoms with Crippen LogP contribution in [0.1, 0.15) is 47.2 Å². The highest BCUT2D eigenvalue weighted by atomic mass is 32.1. The molecule has 2 atom stereocenters. The molecule has 0 spiro atoms. The molecule has 10 aromatic carbocycles. The zero-order chi connectivity index (χ0) is 54.1. The predicted molar refractivity (Wildman–Crippen MR) is 345 cm³/mol. The number of anilines is 2. The van der Waals surface area contributed by atoms with Crippen molar-refractivity contribution in [1.29, 1.82) is 0 Å². The monoisotopic (exact) mass is 1130 g/mol. The number of hydrogen-bond acceptors (Lipinski definition) is 12. The summed E-state index contributed by atoms with van der Waals surface area (Å²) in [6.07, 6.45) is 1.52. The molecule has 8 nitrogen and oxygen atoms in total. The first-order valence-corrected chi connectivity index (χ1v) is 30.6. The highest BCUT2D eigenvalue weighted by Gasteiger charge is 2.32. The van der Waals surface area contributed by atoms with Gasteiger partial charge >= 0.3 is 0 Å². The SMILES string of the molecule is c1ccc2sc(-c3ccc(C4CC(c5ccc(-c6ccc(C7=NN(c8ccc(-c9nc%10ccccc%10s9)cc8)C(c8ccc(-c9nc%10ccccc%10s9)cc8)C7)cc6)cc5)=NN4c4ccc(-c5nc6ccccc6s5)cc4)cc3)nc2c1. The molecule has 0 aliphatic carbocycles. The van der Waals surface area contributed by atoms with Crippen LogP contribution < -0.4 is 10.0 Å². The van der Waals surface area contributed by atoms with E-state index in [-0.39, 0.29) is 12.1 Å². The summed E-state index contributed by atoms with van der Waals surface area (Å²) >= 11 is 6.91. The van der Waals surface area contributed by atoms with Crippen molar-refractivity contribution < 1.29 is 0 Å². The Labute approximate surface area is 489 Å². The van der Waals surface area contributed by atoms with Crippen molar-refractivity contribution in [3.8, 4) is 53.4 Å². The minimum absolute atomic E-state index is 0.00149. The van der Waals surface area contributed by atoms with Crippen LogP contribution in [0.25, 0.3) is 94.3 Å². The lowest BCUT2D eigenvalue weighted by Gasteiger charge is -2.24. The Morgan fingerprint density at radius 1 is 0.268 bits per heavy atom. The summed E-state index contributed by atoms with van der Waals surface area (Å²) in [5.74, 6) is 0. The molecule has 0 amide bonds. The number of aromatic nitrogens is 4. The second kappa shape index (κ2) is 20.4. The molecule has 6 heterocycles. The van der Waals surface area contributed by atoms with E-state index in [9.17, 15) is 0 Å². The van der Waals surface area contributed by atoms with Crippen LogP contribution in [-0.4, -0.2) is 31.4 Å². The fraction of sp³-hybridized carbons (Fsp3) is 0.0571. The van der Waals surface area contributed by atoms with Crippen molar-refractivity contribution >= 4 is 109 Å². The number of para-hydroxylation sites is 4. The van der Waals surface area contributed by atoms with E-state index < -0.39 is 0 Å². The molecule has 82 heavy (non-hydrogen) atoms. The second-order valence-electron chi connectivity index (χ2n) is 20.7. The van der Waals surface area contributed by atoms with E-state index in [1.807, 2.05) is 24.3 Å². The van der Waals surface area contributed by atoms with Gasteiger partial charge in [0.05, 0.1) is 75.7 Å². The topological polar surface area (TPSA) is 82.8 Å². The minimum atomic E-state index is 0.00149. The Bertz CT molecular complexity index is 4310. The van der Waals surface area contributed by atoms with E-state index in [1.54, 1.807) is 45.3 Å². The lowest BCUT2D eigenvalue weighted by Crippen LogP contribution is -2.18. The highest BCUT2D eigenvalue weighted by molar-refractivity contribution is 7.22. The molecular formula is C70H46N8S4. The van der Waals surface area contributed by atoms with E-state index in [0.29, 0.717) is 0 Å². The Kier molecular flexibility index (Phi) is 12.1. The summed E-state index contributed by atoms with van der Waals surface area (Å²) in [4.78, 5) is 19.8. The Hall–Kier alpha value is -9.30. The normalized spacial score (nSPS) is 15.3. The number of thiazole rings is 4. The van der Waals surface area contributed by atoms with Crippen molar-refractivity contribution in [3.63, 3.8) is 0 Å². The molecule has 4 aromatic heterocycles. The summed E-state index contributed by atoms with van der Waals surface area (Å²) in [5.41, 5.74) is 19.6. The van der Waals surface area contributed by atoms with Crippen LogP contribution in [0.15, 0.2) is 253 Å². The van der Waals surface area contributed by atoms with E-state index in [4.69, 9.17) is 30.1 Å². The van der Waals surface area contributed by atoms with E-state index >= 15 is 0 Å². The Morgan fingerprint density at radius 3 is 0.817 bits per heavy atom. The predicted octanol–water partition coefficient (Wildman–Crippen LogP) is 19.2. The molecule has 0 saturated carbocycles. The zero-order valence-electron chi connectivity index (χ0n) is 43.9. The van der Waals surface area contributed by atoms with E-state index in [2.05, 4.69) is 228 Å². The van der Waals surface area contributed by atoms with Crippen molar-refractivity contribution in [1.82, 2.24) is 19.9 Å². The molecule has 0 bridgehead atoms. The number of hydrazone groups is 2. The van der Waals surface area contributed by atoms with Crippen LogP contribution in [0, 0.1) is 0 Å². The number of hydrogen-bond donors (Lipinski definition) is 0. The average molecular weight is 1130 g/mol. The molecule has 2 unspecified atom stereocenters. The van der Waals surface area contributed by atoms with Crippen LogP contribution in [0.4, 0.5) is 11.4 Å². The minimum Gasteiger partial charge on any atom is -0.257 e. The first-order valence-electron chi connectivity index (χ1n) is 27.3. The van der Waals surface area contributed by atoms with Gasteiger partial charge < -0.3 is 0 Å². The van der Waals surface area contributed by atoms with Gasteiger partial charge in [0.2, 0.25) is 0 Å². The highest BCUT2D eigenvalue weighted by Crippen LogP contribution is 2.43.